The monoisotopic (exact) mass is 316 g/mol. The molecule has 0 heterocycles. The van der Waals surface area contributed by atoms with Crippen molar-refractivity contribution in [1.29, 1.82) is 0 Å². The third-order valence-corrected chi connectivity index (χ3v) is 4.05. The molecule has 116 valence electrons. The van der Waals surface area contributed by atoms with E-state index in [9.17, 15) is 13.0 Å². The van der Waals surface area contributed by atoms with Crippen molar-refractivity contribution in [1.82, 2.24) is 0 Å². The van der Waals surface area contributed by atoms with Gasteiger partial charge in [-0.2, -0.15) is 0 Å². The summed E-state index contributed by atoms with van der Waals surface area (Å²) in [6, 6.07) is 0. The van der Waals surface area contributed by atoms with Crippen LogP contribution in [-0.2, 0) is 10.1 Å². The number of aliphatic hydroxyl groups is 1. The van der Waals surface area contributed by atoms with E-state index in [1.807, 2.05) is 6.92 Å². The summed E-state index contributed by atoms with van der Waals surface area (Å²) in [5, 5.41) is 9.09. The Morgan fingerprint density at radius 1 is 0.850 bits per heavy atom. The molecule has 0 aromatic heterocycles. The van der Waals surface area contributed by atoms with E-state index in [2.05, 4.69) is 0 Å². The van der Waals surface area contributed by atoms with Crippen molar-refractivity contribution in [3.05, 3.63) is 0 Å². The van der Waals surface area contributed by atoms with Crippen LogP contribution in [0.1, 0.15) is 77.6 Å². The summed E-state index contributed by atoms with van der Waals surface area (Å²) < 4.78 is 31.1. The van der Waals surface area contributed by atoms with Gasteiger partial charge in [-0.3, -0.25) is 0 Å². The van der Waals surface area contributed by atoms with Crippen LogP contribution in [0.4, 0.5) is 0 Å². The van der Waals surface area contributed by atoms with E-state index in [0.717, 1.165) is 32.1 Å². The Morgan fingerprint density at radius 3 is 1.55 bits per heavy atom. The van der Waals surface area contributed by atoms with Crippen molar-refractivity contribution in [3.63, 3.8) is 0 Å². The predicted octanol–water partition coefficient (Wildman–Crippen LogP) is 0.208. The fourth-order valence-electron chi connectivity index (χ4n) is 2.13. The van der Waals surface area contributed by atoms with E-state index in [0.29, 0.717) is 6.42 Å². The largest absolute Gasteiger partial charge is 1.00 e. The van der Waals surface area contributed by atoms with Crippen LogP contribution in [-0.4, -0.2) is 29.9 Å². The first-order chi connectivity index (χ1) is 8.92. The van der Waals surface area contributed by atoms with Gasteiger partial charge in [0.25, 0.3) is 0 Å². The summed E-state index contributed by atoms with van der Waals surface area (Å²) in [7, 11) is -4.01. The van der Waals surface area contributed by atoms with Gasteiger partial charge in [0, 0.05) is 5.75 Å². The van der Waals surface area contributed by atoms with Gasteiger partial charge in [0.1, 0.15) is 0 Å². The van der Waals surface area contributed by atoms with Crippen molar-refractivity contribution >= 4 is 10.1 Å². The normalized spacial score (nSPS) is 12.9. The molecule has 0 aliphatic heterocycles. The standard InChI is InChI=1S/C14H30O4S.Na/c1-14(15)12-10-8-6-4-2-3-5-7-9-11-13-19(16,17)18;/h14-15H,2-13H2,1H3,(H,16,17,18);/q;+1/p-1. The third kappa shape index (κ3) is 21.2. The quantitative estimate of drug-likeness (QED) is 0.299. The molecule has 0 aromatic carbocycles. The Labute approximate surface area is 146 Å². The average molecular weight is 316 g/mol. The fraction of sp³-hybridized carbons (Fsp3) is 1.00. The molecule has 0 aromatic rings. The number of aliphatic hydroxyl groups excluding tert-OH is 1. The van der Waals surface area contributed by atoms with Crippen LogP contribution in [0, 0.1) is 0 Å². The molecule has 1 atom stereocenters. The molecule has 0 aliphatic carbocycles. The minimum atomic E-state index is -4.01. The molecule has 1 unspecified atom stereocenters. The van der Waals surface area contributed by atoms with E-state index < -0.39 is 10.1 Å². The Bertz CT molecular complexity index is 292. The maximum Gasteiger partial charge on any atom is 1.00 e. The first kappa shape index (κ1) is 23.1. The minimum Gasteiger partial charge on any atom is -0.748 e. The van der Waals surface area contributed by atoms with Crippen molar-refractivity contribution in [2.75, 3.05) is 5.75 Å². The molecule has 6 heteroatoms. The van der Waals surface area contributed by atoms with E-state index >= 15 is 0 Å². The molecule has 0 aliphatic rings. The van der Waals surface area contributed by atoms with Gasteiger partial charge in [-0.15, -0.1) is 0 Å². The van der Waals surface area contributed by atoms with Crippen molar-refractivity contribution in [2.45, 2.75) is 83.7 Å². The van der Waals surface area contributed by atoms with Crippen LogP contribution in [0.25, 0.3) is 0 Å². The van der Waals surface area contributed by atoms with Crippen LogP contribution in [0.3, 0.4) is 0 Å². The van der Waals surface area contributed by atoms with Crippen LogP contribution in [0.15, 0.2) is 0 Å². The number of rotatable bonds is 13. The van der Waals surface area contributed by atoms with Gasteiger partial charge < -0.3 is 9.66 Å². The van der Waals surface area contributed by atoms with Gasteiger partial charge in [-0.05, 0) is 19.8 Å². The Morgan fingerprint density at radius 2 is 1.20 bits per heavy atom. The van der Waals surface area contributed by atoms with E-state index in [1.165, 1.54) is 32.1 Å². The first-order valence-electron chi connectivity index (χ1n) is 7.53. The second-order valence-electron chi connectivity index (χ2n) is 5.44. The average Bonchev–Trinajstić information content (AvgIpc) is 2.28. The smallest absolute Gasteiger partial charge is 0.748 e. The van der Waals surface area contributed by atoms with E-state index in [1.54, 1.807) is 0 Å². The van der Waals surface area contributed by atoms with Gasteiger partial charge in [0.2, 0.25) is 0 Å². The van der Waals surface area contributed by atoms with Crippen LogP contribution in [0.2, 0.25) is 0 Å². The van der Waals surface area contributed by atoms with Gasteiger partial charge in [-0.25, -0.2) is 8.42 Å². The van der Waals surface area contributed by atoms with Gasteiger partial charge in [0.15, 0.2) is 0 Å². The van der Waals surface area contributed by atoms with Crippen LogP contribution >= 0.6 is 0 Å². The molecule has 0 fully saturated rings. The number of hydrogen-bond acceptors (Lipinski definition) is 4. The fourth-order valence-corrected chi connectivity index (χ4v) is 2.69. The van der Waals surface area contributed by atoms with Crippen molar-refractivity contribution < 1.29 is 47.6 Å². The molecule has 4 nitrogen and oxygen atoms in total. The first-order valence-corrected chi connectivity index (χ1v) is 9.11. The van der Waals surface area contributed by atoms with Crippen LogP contribution < -0.4 is 29.6 Å². The Kier molecular flexibility index (Phi) is 17.1. The minimum absolute atomic E-state index is 0. The van der Waals surface area contributed by atoms with Crippen molar-refractivity contribution in [2.24, 2.45) is 0 Å². The van der Waals surface area contributed by atoms with E-state index in [4.69, 9.17) is 5.11 Å². The maximum atomic E-state index is 10.4. The molecule has 0 radical (unpaired) electrons. The molecule has 0 spiro atoms. The van der Waals surface area contributed by atoms with E-state index in [-0.39, 0.29) is 41.4 Å². The molecular formula is C14H29NaO4S. The third-order valence-electron chi connectivity index (χ3n) is 3.27. The Balaban J connectivity index is 0. The summed E-state index contributed by atoms with van der Waals surface area (Å²) in [6.07, 6.45) is 11.5. The molecule has 0 amide bonds. The Hall–Kier alpha value is 0.870. The summed E-state index contributed by atoms with van der Waals surface area (Å²) >= 11 is 0. The molecular weight excluding hydrogens is 287 g/mol. The molecule has 0 saturated carbocycles. The second kappa shape index (κ2) is 14.8. The molecule has 0 rings (SSSR count). The number of unbranched alkanes of at least 4 members (excludes halogenated alkanes) is 9. The zero-order valence-electron chi connectivity index (χ0n) is 13.1. The topological polar surface area (TPSA) is 77.4 Å². The molecule has 20 heavy (non-hydrogen) atoms. The SMILES string of the molecule is CC(O)CCCCCCCCCCCCS(=O)(=O)[O-].[Na+]. The van der Waals surface area contributed by atoms with Gasteiger partial charge >= 0.3 is 29.6 Å². The van der Waals surface area contributed by atoms with Gasteiger partial charge in [0.05, 0.1) is 16.2 Å². The molecule has 1 N–H and O–H groups in total. The summed E-state index contributed by atoms with van der Waals surface area (Å²) in [6.45, 7) is 1.83. The molecule has 0 bridgehead atoms. The second-order valence-corrected chi connectivity index (χ2v) is 6.96. The predicted molar refractivity (Wildman–Crippen MR) is 77.0 cm³/mol. The summed E-state index contributed by atoms with van der Waals surface area (Å²) in [5.74, 6) is -0.212. The van der Waals surface area contributed by atoms with Crippen LogP contribution in [0.5, 0.6) is 0 Å². The van der Waals surface area contributed by atoms with Gasteiger partial charge in [-0.1, -0.05) is 57.8 Å². The number of hydrogen-bond donors (Lipinski definition) is 1. The molecule has 0 saturated heterocycles. The summed E-state index contributed by atoms with van der Waals surface area (Å²) in [5.41, 5.74) is 0. The van der Waals surface area contributed by atoms with Crippen molar-refractivity contribution in [3.8, 4) is 0 Å². The summed E-state index contributed by atoms with van der Waals surface area (Å²) in [4.78, 5) is 0. The zero-order valence-corrected chi connectivity index (χ0v) is 16.0. The zero-order chi connectivity index (χ0) is 14.6. The maximum absolute atomic E-state index is 10.4.